The van der Waals surface area contributed by atoms with Crippen LogP contribution in [-0.2, 0) is 13.6 Å². The second-order valence-electron chi connectivity index (χ2n) is 4.22. The maximum absolute atomic E-state index is 11.0. The molecule has 1 N–H and O–H groups in total. The SMILES string of the molecule is Cn1nnc(Cn2ccc3ccc(C(=O)O)cc32)n1. The van der Waals surface area contributed by atoms with E-state index in [0.717, 1.165) is 10.9 Å². The van der Waals surface area contributed by atoms with Gasteiger partial charge in [-0.25, -0.2) is 4.79 Å². The molecule has 0 fully saturated rings. The van der Waals surface area contributed by atoms with Crippen molar-refractivity contribution in [3.8, 4) is 0 Å². The fraction of sp³-hybridized carbons (Fsp3) is 0.167. The van der Waals surface area contributed by atoms with Crippen molar-refractivity contribution in [2.75, 3.05) is 0 Å². The summed E-state index contributed by atoms with van der Waals surface area (Å²) in [6.07, 6.45) is 1.88. The minimum Gasteiger partial charge on any atom is -0.478 e. The van der Waals surface area contributed by atoms with E-state index in [-0.39, 0.29) is 5.56 Å². The summed E-state index contributed by atoms with van der Waals surface area (Å²) in [5, 5.41) is 21.8. The molecule has 3 rings (SSSR count). The lowest BCUT2D eigenvalue weighted by Gasteiger charge is -2.02. The van der Waals surface area contributed by atoms with Crippen LogP contribution in [0.15, 0.2) is 30.5 Å². The van der Waals surface area contributed by atoms with Gasteiger partial charge in [-0.3, -0.25) is 0 Å². The third kappa shape index (κ3) is 2.05. The van der Waals surface area contributed by atoms with Gasteiger partial charge >= 0.3 is 5.97 Å². The predicted molar refractivity (Wildman–Crippen MR) is 66.8 cm³/mol. The first-order valence-corrected chi connectivity index (χ1v) is 5.68. The largest absolute Gasteiger partial charge is 0.478 e. The average molecular weight is 257 g/mol. The Morgan fingerprint density at radius 1 is 1.37 bits per heavy atom. The predicted octanol–water partition coefficient (Wildman–Crippen LogP) is 0.911. The highest BCUT2D eigenvalue weighted by molar-refractivity contribution is 5.93. The van der Waals surface area contributed by atoms with Crippen LogP contribution in [0.2, 0.25) is 0 Å². The number of aryl methyl sites for hydroxylation is 1. The number of carbonyl (C=O) groups is 1. The average Bonchev–Trinajstić information content (AvgIpc) is 2.96. The van der Waals surface area contributed by atoms with Crippen LogP contribution in [0.1, 0.15) is 16.2 Å². The highest BCUT2D eigenvalue weighted by Crippen LogP contribution is 2.18. The van der Waals surface area contributed by atoms with Gasteiger partial charge in [0.25, 0.3) is 0 Å². The van der Waals surface area contributed by atoms with E-state index in [4.69, 9.17) is 5.11 Å². The molecule has 0 unspecified atom stereocenters. The lowest BCUT2D eigenvalue weighted by atomic mass is 10.1. The van der Waals surface area contributed by atoms with Crippen molar-refractivity contribution in [3.05, 3.63) is 41.9 Å². The highest BCUT2D eigenvalue weighted by Gasteiger charge is 2.09. The Morgan fingerprint density at radius 3 is 2.89 bits per heavy atom. The first kappa shape index (κ1) is 11.4. The van der Waals surface area contributed by atoms with Crippen LogP contribution < -0.4 is 0 Å². The number of carboxylic acid groups (broad SMARTS) is 1. The summed E-state index contributed by atoms with van der Waals surface area (Å²) in [7, 11) is 1.70. The third-order valence-electron chi connectivity index (χ3n) is 2.88. The molecule has 2 aromatic heterocycles. The lowest BCUT2D eigenvalue weighted by molar-refractivity contribution is 0.0697. The molecule has 7 heteroatoms. The topological polar surface area (TPSA) is 85.8 Å². The molecule has 0 atom stereocenters. The Kier molecular flexibility index (Phi) is 2.52. The number of benzene rings is 1. The molecule has 96 valence electrons. The second-order valence-corrected chi connectivity index (χ2v) is 4.22. The summed E-state index contributed by atoms with van der Waals surface area (Å²) in [6.45, 7) is 0.459. The maximum Gasteiger partial charge on any atom is 0.335 e. The number of tetrazole rings is 1. The van der Waals surface area contributed by atoms with Gasteiger partial charge in [-0.05, 0) is 28.8 Å². The standard InChI is InChI=1S/C12H11N5O2/c1-16-14-11(13-15-16)7-17-5-4-8-2-3-9(12(18)19)6-10(8)17/h2-6H,7H2,1H3,(H,18,19). The zero-order valence-corrected chi connectivity index (χ0v) is 10.2. The van der Waals surface area contributed by atoms with Gasteiger partial charge in [-0.2, -0.15) is 4.80 Å². The van der Waals surface area contributed by atoms with Crippen molar-refractivity contribution in [3.63, 3.8) is 0 Å². The van der Waals surface area contributed by atoms with E-state index in [9.17, 15) is 4.79 Å². The molecular formula is C12H11N5O2. The maximum atomic E-state index is 11.0. The van der Waals surface area contributed by atoms with Gasteiger partial charge in [-0.15, -0.1) is 10.2 Å². The minimum absolute atomic E-state index is 0.263. The van der Waals surface area contributed by atoms with Gasteiger partial charge in [0.2, 0.25) is 0 Å². The highest BCUT2D eigenvalue weighted by atomic mass is 16.4. The summed E-state index contributed by atoms with van der Waals surface area (Å²) in [6, 6.07) is 6.96. The summed E-state index contributed by atoms with van der Waals surface area (Å²) in [5.41, 5.74) is 1.10. The Bertz CT molecular complexity index is 758. The fourth-order valence-corrected chi connectivity index (χ4v) is 1.99. The number of carboxylic acids is 1. The van der Waals surface area contributed by atoms with Crippen LogP contribution in [0.3, 0.4) is 0 Å². The Labute approximate surface area is 108 Å². The van der Waals surface area contributed by atoms with Gasteiger partial charge in [-0.1, -0.05) is 6.07 Å². The molecule has 2 heterocycles. The van der Waals surface area contributed by atoms with E-state index in [1.807, 2.05) is 16.8 Å². The van der Waals surface area contributed by atoms with Crippen LogP contribution in [0.4, 0.5) is 0 Å². The summed E-state index contributed by atoms with van der Waals surface area (Å²) in [5.74, 6) is -0.354. The van der Waals surface area contributed by atoms with Crippen molar-refractivity contribution >= 4 is 16.9 Å². The summed E-state index contributed by atoms with van der Waals surface area (Å²) < 4.78 is 1.90. The fourth-order valence-electron chi connectivity index (χ4n) is 1.99. The third-order valence-corrected chi connectivity index (χ3v) is 2.88. The first-order chi connectivity index (χ1) is 9.13. The number of aromatic carboxylic acids is 1. The van der Waals surface area contributed by atoms with Gasteiger partial charge in [0.05, 0.1) is 19.2 Å². The molecule has 0 spiro atoms. The van der Waals surface area contributed by atoms with Crippen molar-refractivity contribution < 1.29 is 9.90 Å². The molecule has 0 bridgehead atoms. The number of rotatable bonds is 3. The molecule has 3 aromatic rings. The zero-order valence-electron chi connectivity index (χ0n) is 10.2. The molecule has 0 saturated heterocycles. The monoisotopic (exact) mass is 257 g/mol. The minimum atomic E-state index is -0.938. The first-order valence-electron chi connectivity index (χ1n) is 5.68. The van der Waals surface area contributed by atoms with E-state index in [0.29, 0.717) is 12.4 Å². The van der Waals surface area contributed by atoms with E-state index >= 15 is 0 Å². The van der Waals surface area contributed by atoms with E-state index < -0.39 is 5.97 Å². The summed E-state index contributed by atoms with van der Waals surface area (Å²) in [4.78, 5) is 12.4. The summed E-state index contributed by atoms with van der Waals surface area (Å²) >= 11 is 0. The molecule has 19 heavy (non-hydrogen) atoms. The smallest absolute Gasteiger partial charge is 0.335 e. The van der Waals surface area contributed by atoms with Crippen LogP contribution in [0.25, 0.3) is 10.9 Å². The van der Waals surface area contributed by atoms with Crippen LogP contribution in [0, 0.1) is 0 Å². The van der Waals surface area contributed by atoms with E-state index in [1.54, 1.807) is 25.2 Å². The van der Waals surface area contributed by atoms with E-state index in [1.165, 1.54) is 4.80 Å². The van der Waals surface area contributed by atoms with Crippen LogP contribution >= 0.6 is 0 Å². The lowest BCUT2D eigenvalue weighted by Crippen LogP contribution is -2.02. The molecular weight excluding hydrogens is 246 g/mol. The number of fused-ring (bicyclic) bond motifs is 1. The molecule has 1 aromatic carbocycles. The van der Waals surface area contributed by atoms with Gasteiger partial charge in [0, 0.05) is 11.7 Å². The molecule has 0 radical (unpaired) electrons. The van der Waals surface area contributed by atoms with Crippen LogP contribution in [0.5, 0.6) is 0 Å². The molecule has 0 aliphatic heterocycles. The molecule has 0 amide bonds. The molecule has 0 aliphatic carbocycles. The van der Waals surface area contributed by atoms with Crippen molar-refractivity contribution in [1.29, 1.82) is 0 Å². The van der Waals surface area contributed by atoms with E-state index in [2.05, 4.69) is 15.4 Å². The molecule has 0 saturated carbocycles. The number of nitrogens with zero attached hydrogens (tertiary/aromatic N) is 5. The number of hydrogen-bond acceptors (Lipinski definition) is 4. The Morgan fingerprint density at radius 2 is 2.21 bits per heavy atom. The second kappa shape index (κ2) is 4.20. The molecule has 0 aliphatic rings. The normalized spacial score (nSPS) is 11.0. The van der Waals surface area contributed by atoms with Crippen LogP contribution in [-0.4, -0.2) is 35.9 Å². The Hall–Kier alpha value is -2.70. The number of hydrogen-bond donors (Lipinski definition) is 1. The van der Waals surface area contributed by atoms with Crippen molar-refractivity contribution in [2.24, 2.45) is 7.05 Å². The number of aromatic nitrogens is 5. The Balaban J connectivity index is 2.03. The zero-order chi connectivity index (χ0) is 13.4. The van der Waals surface area contributed by atoms with Gasteiger partial charge < -0.3 is 9.67 Å². The van der Waals surface area contributed by atoms with Gasteiger partial charge in [0.15, 0.2) is 5.82 Å². The van der Waals surface area contributed by atoms with Crippen molar-refractivity contribution in [1.82, 2.24) is 24.8 Å². The quantitative estimate of drug-likeness (QED) is 0.753. The van der Waals surface area contributed by atoms with Gasteiger partial charge in [0.1, 0.15) is 0 Å². The molecule has 7 nitrogen and oxygen atoms in total. The van der Waals surface area contributed by atoms with Crippen molar-refractivity contribution in [2.45, 2.75) is 6.54 Å².